The van der Waals surface area contributed by atoms with Crippen LogP contribution < -0.4 is 15.0 Å². The fourth-order valence-electron chi connectivity index (χ4n) is 4.24. The van der Waals surface area contributed by atoms with E-state index in [2.05, 4.69) is 64.6 Å². The summed E-state index contributed by atoms with van der Waals surface area (Å²) in [5.74, 6) is 1.78. The van der Waals surface area contributed by atoms with E-state index in [1.807, 2.05) is 43.4 Å². The number of nitrogens with one attached hydrogen (secondary N) is 1. The molecule has 0 atom stereocenters. The summed E-state index contributed by atoms with van der Waals surface area (Å²) in [6.07, 6.45) is 2.35. The molecule has 4 heteroatoms. The van der Waals surface area contributed by atoms with E-state index in [0.717, 1.165) is 31.1 Å². The molecule has 0 saturated carbocycles. The van der Waals surface area contributed by atoms with Crippen LogP contribution in [0.15, 0.2) is 78.9 Å². The Hall–Kier alpha value is -2.98. The highest BCUT2D eigenvalue weighted by Crippen LogP contribution is 2.29. The predicted molar refractivity (Wildman–Crippen MR) is 126 cm³/mol. The first-order valence-electron chi connectivity index (χ1n) is 10.8. The third kappa shape index (κ3) is 4.95. The molecule has 4 rings (SSSR count). The zero-order chi connectivity index (χ0) is 20.8. The van der Waals surface area contributed by atoms with Gasteiger partial charge in [-0.05, 0) is 54.8 Å². The molecule has 1 fully saturated rings. The summed E-state index contributed by atoms with van der Waals surface area (Å²) in [5.41, 5.74) is 3.78. The summed E-state index contributed by atoms with van der Waals surface area (Å²) in [6, 6.07) is 27.6. The van der Waals surface area contributed by atoms with E-state index in [9.17, 15) is 0 Å². The Bertz CT molecular complexity index is 936. The second kappa shape index (κ2) is 9.68. The summed E-state index contributed by atoms with van der Waals surface area (Å²) in [4.78, 5) is 4.99. The maximum absolute atomic E-state index is 6.00. The van der Waals surface area contributed by atoms with Crippen molar-refractivity contribution in [1.29, 1.82) is 0 Å². The van der Waals surface area contributed by atoms with Gasteiger partial charge in [-0.2, -0.15) is 0 Å². The Morgan fingerprint density at radius 3 is 2.37 bits per heavy atom. The first-order valence-corrected chi connectivity index (χ1v) is 10.8. The maximum atomic E-state index is 6.00. The van der Waals surface area contributed by atoms with Crippen LogP contribution in [0.4, 0.5) is 11.4 Å². The van der Waals surface area contributed by atoms with Gasteiger partial charge in [-0.1, -0.05) is 42.5 Å². The lowest BCUT2D eigenvalue weighted by molar-refractivity contribution is 0.203. The normalized spacial score (nSPS) is 15.0. The minimum atomic E-state index is 0.573. The molecular weight excluding hydrogens is 370 g/mol. The number of benzene rings is 3. The van der Waals surface area contributed by atoms with Crippen LogP contribution in [0, 0.1) is 0 Å². The summed E-state index contributed by atoms with van der Waals surface area (Å²) < 4.78 is 6.00. The van der Waals surface area contributed by atoms with Gasteiger partial charge >= 0.3 is 0 Å². The van der Waals surface area contributed by atoms with Gasteiger partial charge in [0.15, 0.2) is 0 Å². The third-order valence-electron chi connectivity index (χ3n) is 5.94. The number of hydrogen-bond acceptors (Lipinski definition) is 4. The van der Waals surface area contributed by atoms with Crippen molar-refractivity contribution in [2.75, 3.05) is 37.4 Å². The molecule has 0 spiro atoms. The number of piperidine rings is 1. The molecular formula is C26H31N3O. The lowest BCUT2D eigenvalue weighted by atomic mass is 10.0. The van der Waals surface area contributed by atoms with Crippen molar-refractivity contribution >= 4 is 11.4 Å². The molecule has 156 valence electrons. The molecule has 1 aliphatic heterocycles. The molecule has 0 aromatic heterocycles. The van der Waals surface area contributed by atoms with Gasteiger partial charge in [0.2, 0.25) is 0 Å². The Morgan fingerprint density at radius 2 is 1.60 bits per heavy atom. The number of para-hydroxylation sites is 3. The SMILES string of the molecule is CNc1ccccc1N(C)C1CCN(Cc2cccc(Oc3ccccc3)c2)CC1. The van der Waals surface area contributed by atoms with Crippen molar-refractivity contribution in [3.63, 3.8) is 0 Å². The number of hydrogen-bond donors (Lipinski definition) is 1. The number of anilines is 2. The Morgan fingerprint density at radius 1 is 0.900 bits per heavy atom. The zero-order valence-corrected chi connectivity index (χ0v) is 17.9. The van der Waals surface area contributed by atoms with Gasteiger partial charge in [0.1, 0.15) is 11.5 Å². The largest absolute Gasteiger partial charge is 0.457 e. The average Bonchev–Trinajstić information content (AvgIpc) is 2.80. The monoisotopic (exact) mass is 401 g/mol. The van der Waals surface area contributed by atoms with Crippen molar-refractivity contribution in [3.05, 3.63) is 84.4 Å². The van der Waals surface area contributed by atoms with Crippen molar-refractivity contribution in [1.82, 2.24) is 4.90 Å². The maximum Gasteiger partial charge on any atom is 0.127 e. The van der Waals surface area contributed by atoms with E-state index >= 15 is 0 Å². The second-order valence-electron chi connectivity index (χ2n) is 7.95. The molecule has 3 aromatic carbocycles. The van der Waals surface area contributed by atoms with Crippen LogP contribution in [0.2, 0.25) is 0 Å². The van der Waals surface area contributed by atoms with E-state index < -0.39 is 0 Å². The van der Waals surface area contributed by atoms with E-state index in [0.29, 0.717) is 6.04 Å². The van der Waals surface area contributed by atoms with E-state index in [-0.39, 0.29) is 0 Å². The van der Waals surface area contributed by atoms with E-state index in [4.69, 9.17) is 4.74 Å². The highest BCUT2D eigenvalue weighted by molar-refractivity contribution is 5.69. The van der Waals surface area contributed by atoms with Crippen molar-refractivity contribution < 1.29 is 4.74 Å². The fourth-order valence-corrected chi connectivity index (χ4v) is 4.24. The van der Waals surface area contributed by atoms with Crippen LogP contribution in [-0.2, 0) is 6.54 Å². The van der Waals surface area contributed by atoms with Crippen LogP contribution in [0.1, 0.15) is 18.4 Å². The van der Waals surface area contributed by atoms with Gasteiger partial charge in [-0.3, -0.25) is 4.90 Å². The minimum absolute atomic E-state index is 0.573. The highest BCUT2D eigenvalue weighted by atomic mass is 16.5. The summed E-state index contributed by atoms with van der Waals surface area (Å²) in [5, 5.41) is 3.32. The average molecular weight is 402 g/mol. The van der Waals surface area contributed by atoms with Crippen molar-refractivity contribution in [3.8, 4) is 11.5 Å². The molecule has 0 amide bonds. The molecule has 1 aliphatic rings. The Kier molecular flexibility index (Phi) is 6.55. The van der Waals surface area contributed by atoms with Gasteiger partial charge in [-0.15, -0.1) is 0 Å². The summed E-state index contributed by atoms with van der Waals surface area (Å²) >= 11 is 0. The standard InChI is InChI=1S/C26H31N3O/c1-27-25-13-6-7-14-26(25)28(2)22-15-17-29(18-16-22)20-21-9-8-12-24(19-21)30-23-10-4-3-5-11-23/h3-14,19,22,27H,15-18,20H2,1-2H3. The first-order chi connectivity index (χ1) is 14.7. The van der Waals surface area contributed by atoms with Gasteiger partial charge < -0.3 is 15.0 Å². The smallest absolute Gasteiger partial charge is 0.127 e. The van der Waals surface area contributed by atoms with Gasteiger partial charge in [0.25, 0.3) is 0 Å². The molecule has 0 bridgehead atoms. The van der Waals surface area contributed by atoms with Crippen LogP contribution in [0.5, 0.6) is 11.5 Å². The highest BCUT2D eigenvalue weighted by Gasteiger charge is 2.23. The molecule has 30 heavy (non-hydrogen) atoms. The number of nitrogens with zero attached hydrogens (tertiary/aromatic N) is 2. The molecule has 0 unspecified atom stereocenters. The molecule has 0 radical (unpaired) electrons. The predicted octanol–water partition coefficient (Wildman–Crippen LogP) is 5.62. The topological polar surface area (TPSA) is 27.7 Å². The summed E-state index contributed by atoms with van der Waals surface area (Å²) in [6.45, 7) is 3.19. The number of ether oxygens (including phenoxy) is 1. The molecule has 1 N–H and O–H groups in total. The quantitative estimate of drug-likeness (QED) is 0.556. The van der Waals surface area contributed by atoms with Crippen molar-refractivity contribution in [2.45, 2.75) is 25.4 Å². The van der Waals surface area contributed by atoms with Crippen LogP contribution >= 0.6 is 0 Å². The molecule has 1 saturated heterocycles. The number of rotatable bonds is 7. The molecule has 3 aromatic rings. The fraction of sp³-hybridized carbons (Fsp3) is 0.308. The van der Waals surface area contributed by atoms with E-state index in [1.165, 1.54) is 29.8 Å². The Balaban J connectivity index is 1.33. The van der Waals surface area contributed by atoms with Crippen LogP contribution in [-0.4, -0.2) is 38.1 Å². The molecule has 1 heterocycles. The number of likely N-dealkylation sites (tertiary alicyclic amines) is 1. The first kappa shape index (κ1) is 20.3. The second-order valence-corrected chi connectivity index (χ2v) is 7.95. The van der Waals surface area contributed by atoms with Gasteiger partial charge in [0.05, 0.1) is 11.4 Å². The lowest BCUT2D eigenvalue weighted by Gasteiger charge is -2.38. The molecule has 0 aliphatic carbocycles. The van der Waals surface area contributed by atoms with Crippen LogP contribution in [0.25, 0.3) is 0 Å². The minimum Gasteiger partial charge on any atom is -0.457 e. The third-order valence-corrected chi connectivity index (χ3v) is 5.94. The lowest BCUT2D eigenvalue weighted by Crippen LogP contribution is -2.43. The van der Waals surface area contributed by atoms with Crippen molar-refractivity contribution in [2.24, 2.45) is 0 Å². The zero-order valence-electron chi connectivity index (χ0n) is 17.9. The van der Waals surface area contributed by atoms with Crippen LogP contribution in [0.3, 0.4) is 0 Å². The van der Waals surface area contributed by atoms with E-state index in [1.54, 1.807) is 0 Å². The Labute approximate surface area is 180 Å². The van der Waals surface area contributed by atoms with Gasteiger partial charge in [0, 0.05) is 39.8 Å². The molecule has 4 nitrogen and oxygen atoms in total. The summed E-state index contributed by atoms with van der Waals surface area (Å²) in [7, 11) is 4.21. The van der Waals surface area contributed by atoms with Gasteiger partial charge in [-0.25, -0.2) is 0 Å².